The first-order valence-electron chi connectivity index (χ1n) is 6.25. The molecule has 4 heteroatoms. The van der Waals surface area contributed by atoms with E-state index in [1.165, 1.54) is 5.56 Å². The Labute approximate surface area is 113 Å². The van der Waals surface area contributed by atoms with E-state index in [9.17, 15) is 0 Å². The normalized spacial score (nSPS) is 12.5. The second kappa shape index (κ2) is 5.47. The highest BCUT2D eigenvalue weighted by Crippen LogP contribution is 2.34. The highest BCUT2D eigenvalue weighted by atomic mass is 16.5. The number of ether oxygens (including phenoxy) is 1. The molecule has 0 amide bonds. The zero-order valence-electron chi connectivity index (χ0n) is 11.8. The van der Waals surface area contributed by atoms with Crippen LogP contribution in [0.25, 0.3) is 0 Å². The molecule has 2 rings (SSSR count). The summed E-state index contributed by atoms with van der Waals surface area (Å²) in [7, 11) is 1.67. The Morgan fingerprint density at radius 2 is 1.89 bits per heavy atom. The van der Waals surface area contributed by atoms with Gasteiger partial charge in [0.1, 0.15) is 23.3 Å². The number of aryl methyl sites for hydroxylation is 2. The van der Waals surface area contributed by atoms with Crippen molar-refractivity contribution in [2.24, 2.45) is 5.84 Å². The van der Waals surface area contributed by atoms with E-state index in [-0.39, 0.29) is 6.04 Å². The zero-order chi connectivity index (χ0) is 14.0. The quantitative estimate of drug-likeness (QED) is 0.655. The maximum atomic E-state index is 5.69. The van der Waals surface area contributed by atoms with Gasteiger partial charge in [-0.1, -0.05) is 12.1 Å². The van der Waals surface area contributed by atoms with Gasteiger partial charge in [-0.25, -0.2) is 5.43 Å². The van der Waals surface area contributed by atoms with E-state index in [0.717, 1.165) is 28.4 Å². The Bertz CT molecular complexity index is 576. The standard InChI is InChI=1S/C15H20N2O2/c1-9-5-7-12(15(18-4)11(9)3)14(17-16)13-8-6-10(2)19-13/h5-8,14,17H,16H2,1-4H3. The summed E-state index contributed by atoms with van der Waals surface area (Å²) in [6.07, 6.45) is 0. The Morgan fingerprint density at radius 3 is 2.42 bits per heavy atom. The van der Waals surface area contributed by atoms with E-state index in [4.69, 9.17) is 15.0 Å². The highest BCUT2D eigenvalue weighted by Gasteiger charge is 2.21. The molecule has 102 valence electrons. The molecule has 1 aromatic carbocycles. The molecule has 0 aliphatic rings. The molecule has 0 fully saturated rings. The van der Waals surface area contributed by atoms with Crippen LogP contribution in [-0.4, -0.2) is 7.11 Å². The first kappa shape index (κ1) is 13.6. The lowest BCUT2D eigenvalue weighted by atomic mass is 9.98. The Morgan fingerprint density at radius 1 is 1.16 bits per heavy atom. The molecular formula is C15H20N2O2. The molecule has 1 unspecified atom stereocenters. The third-order valence-electron chi connectivity index (χ3n) is 3.43. The molecule has 2 aromatic rings. The van der Waals surface area contributed by atoms with Gasteiger partial charge < -0.3 is 9.15 Å². The number of hydrogen-bond acceptors (Lipinski definition) is 4. The van der Waals surface area contributed by atoms with Crippen LogP contribution in [0.2, 0.25) is 0 Å². The summed E-state index contributed by atoms with van der Waals surface area (Å²) < 4.78 is 11.2. The zero-order valence-corrected chi connectivity index (χ0v) is 11.8. The highest BCUT2D eigenvalue weighted by molar-refractivity contribution is 5.48. The SMILES string of the molecule is COc1c(C(NN)c2ccc(C)o2)ccc(C)c1C. The monoisotopic (exact) mass is 260 g/mol. The van der Waals surface area contributed by atoms with E-state index < -0.39 is 0 Å². The van der Waals surface area contributed by atoms with Crippen molar-refractivity contribution in [3.05, 3.63) is 52.5 Å². The lowest BCUT2D eigenvalue weighted by Crippen LogP contribution is -2.29. The summed E-state index contributed by atoms with van der Waals surface area (Å²) >= 11 is 0. The molecule has 0 aliphatic carbocycles. The maximum Gasteiger partial charge on any atom is 0.127 e. The fourth-order valence-electron chi connectivity index (χ4n) is 2.24. The van der Waals surface area contributed by atoms with Crippen LogP contribution in [0.3, 0.4) is 0 Å². The summed E-state index contributed by atoms with van der Waals surface area (Å²) in [6.45, 7) is 6.01. The molecular weight excluding hydrogens is 240 g/mol. The molecule has 0 saturated heterocycles. The minimum absolute atomic E-state index is 0.219. The number of methoxy groups -OCH3 is 1. The van der Waals surface area contributed by atoms with Crippen molar-refractivity contribution in [3.8, 4) is 5.75 Å². The first-order chi connectivity index (χ1) is 9.08. The molecule has 3 N–H and O–H groups in total. The number of furan rings is 1. The molecule has 0 aliphatic heterocycles. The van der Waals surface area contributed by atoms with Gasteiger partial charge in [-0.05, 0) is 44.0 Å². The average Bonchev–Trinajstić information content (AvgIpc) is 2.81. The summed E-state index contributed by atoms with van der Waals surface area (Å²) in [6, 6.07) is 7.71. The number of nitrogens with one attached hydrogen (secondary N) is 1. The molecule has 1 heterocycles. The van der Waals surface area contributed by atoms with Crippen molar-refractivity contribution < 1.29 is 9.15 Å². The third kappa shape index (κ3) is 2.50. The predicted octanol–water partition coefficient (Wildman–Crippen LogP) is 2.77. The molecule has 4 nitrogen and oxygen atoms in total. The fourth-order valence-corrected chi connectivity index (χ4v) is 2.24. The summed E-state index contributed by atoms with van der Waals surface area (Å²) in [5, 5.41) is 0. The van der Waals surface area contributed by atoms with Crippen molar-refractivity contribution in [1.29, 1.82) is 0 Å². The number of benzene rings is 1. The molecule has 0 saturated carbocycles. The average molecular weight is 260 g/mol. The van der Waals surface area contributed by atoms with E-state index in [1.54, 1.807) is 7.11 Å². The van der Waals surface area contributed by atoms with Gasteiger partial charge in [-0.3, -0.25) is 5.84 Å². The Kier molecular flexibility index (Phi) is 3.93. The molecule has 0 bridgehead atoms. The van der Waals surface area contributed by atoms with Crippen LogP contribution < -0.4 is 16.0 Å². The first-order valence-corrected chi connectivity index (χ1v) is 6.25. The summed E-state index contributed by atoms with van der Waals surface area (Å²) in [4.78, 5) is 0. The lowest BCUT2D eigenvalue weighted by molar-refractivity contribution is 0.387. The minimum atomic E-state index is -0.219. The minimum Gasteiger partial charge on any atom is -0.496 e. The molecule has 1 atom stereocenters. The smallest absolute Gasteiger partial charge is 0.127 e. The Balaban J connectivity index is 2.52. The molecule has 19 heavy (non-hydrogen) atoms. The number of nitrogens with two attached hydrogens (primary N) is 1. The van der Waals surface area contributed by atoms with Gasteiger partial charge >= 0.3 is 0 Å². The molecule has 0 radical (unpaired) electrons. The van der Waals surface area contributed by atoms with Crippen molar-refractivity contribution in [1.82, 2.24) is 5.43 Å². The number of rotatable bonds is 4. The van der Waals surface area contributed by atoms with Crippen molar-refractivity contribution >= 4 is 0 Å². The van der Waals surface area contributed by atoms with Crippen LogP contribution in [-0.2, 0) is 0 Å². The lowest BCUT2D eigenvalue weighted by Gasteiger charge is -2.19. The van der Waals surface area contributed by atoms with Gasteiger partial charge in [0.15, 0.2) is 0 Å². The van der Waals surface area contributed by atoms with Crippen LogP contribution in [0.15, 0.2) is 28.7 Å². The Hall–Kier alpha value is -1.78. The van der Waals surface area contributed by atoms with Crippen molar-refractivity contribution in [3.63, 3.8) is 0 Å². The van der Waals surface area contributed by atoms with Crippen molar-refractivity contribution in [2.75, 3.05) is 7.11 Å². The van der Waals surface area contributed by atoms with E-state index in [2.05, 4.69) is 18.4 Å². The van der Waals surface area contributed by atoms with E-state index in [0.29, 0.717) is 0 Å². The second-order valence-electron chi connectivity index (χ2n) is 4.68. The topological polar surface area (TPSA) is 60.4 Å². The van der Waals surface area contributed by atoms with E-state index in [1.807, 2.05) is 32.0 Å². The van der Waals surface area contributed by atoms with Gasteiger partial charge in [-0.15, -0.1) is 0 Å². The van der Waals surface area contributed by atoms with Crippen LogP contribution in [0.4, 0.5) is 0 Å². The summed E-state index contributed by atoms with van der Waals surface area (Å²) in [5.74, 6) is 8.18. The van der Waals surface area contributed by atoms with Crippen molar-refractivity contribution in [2.45, 2.75) is 26.8 Å². The van der Waals surface area contributed by atoms with Crippen LogP contribution in [0.5, 0.6) is 5.75 Å². The van der Waals surface area contributed by atoms with Gasteiger partial charge in [0.25, 0.3) is 0 Å². The fraction of sp³-hybridized carbons (Fsp3) is 0.333. The van der Waals surface area contributed by atoms with Gasteiger partial charge in [-0.2, -0.15) is 0 Å². The molecule has 1 aromatic heterocycles. The van der Waals surface area contributed by atoms with Gasteiger partial charge in [0, 0.05) is 5.56 Å². The number of hydrogen-bond donors (Lipinski definition) is 2. The van der Waals surface area contributed by atoms with Crippen LogP contribution in [0, 0.1) is 20.8 Å². The van der Waals surface area contributed by atoms with Gasteiger partial charge in [0.05, 0.1) is 7.11 Å². The predicted molar refractivity (Wildman–Crippen MR) is 75.1 cm³/mol. The largest absolute Gasteiger partial charge is 0.496 e. The third-order valence-corrected chi connectivity index (χ3v) is 3.43. The molecule has 0 spiro atoms. The second-order valence-corrected chi connectivity index (χ2v) is 4.68. The summed E-state index contributed by atoms with van der Waals surface area (Å²) in [5.41, 5.74) is 6.07. The van der Waals surface area contributed by atoms with Gasteiger partial charge in [0.2, 0.25) is 0 Å². The van der Waals surface area contributed by atoms with Crippen LogP contribution >= 0.6 is 0 Å². The van der Waals surface area contributed by atoms with E-state index >= 15 is 0 Å². The van der Waals surface area contributed by atoms with Crippen LogP contribution in [0.1, 0.15) is 34.3 Å². The number of hydrazine groups is 1. The maximum absolute atomic E-state index is 5.69.